The van der Waals surface area contributed by atoms with Crippen LogP contribution in [0.1, 0.15) is 52.5 Å². The van der Waals surface area contributed by atoms with Crippen molar-refractivity contribution in [3.8, 4) is 0 Å². The standard InChI is InChI=1S/C16H26N2O/c1-5-18-11-12(10-17-18)8-16(19)14(2,3)13-6-7-15(16,4)9-13/h10-11,13,19H,5-9H2,1-4H3. The highest BCUT2D eigenvalue weighted by Crippen LogP contribution is 2.68. The van der Waals surface area contributed by atoms with Gasteiger partial charge in [-0.25, -0.2) is 0 Å². The number of nitrogens with zero attached hydrogens (tertiary/aromatic N) is 2. The third kappa shape index (κ3) is 1.57. The molecule has 1 aromatic rings. The van der Waals surface area contributed by atoms with Gasteiger partial charge in [0.2, 0.25) is 0 Å². The molecular formula is C16H26N2O. The van der Waals surface area contributed by atoms with E-state index in [1.54, 1.807) is 0 Å². The lowest BCUT2D eigenvalue weighted by Crippen LogP contribution is -2.55. The van der Waals surface area contributed by atoms with E-state index in [0.29, 0.717) is 5.92 Å². The molecule has 0 spiro atoms. The number of fused-ring (bicyclic) bond motifs is 2. The van der Waals surface area contributed by atoms with Crippen LogP contribution in [0.2, 0.25) is 0 Å². The fourth-order valence-electron chi connectivity index (χ4n) is 4.76. The third-order valence-electron chi connectivity index (χ3n) is 6.30. The molecule has 0 amide bonds. The summed E-state index contributed by atoms with van der Waals surface area (Å²) in [5, 5.41) is 15.8. The Bertz CT molecular complexity index is 486. The second-order valence-electron chi connectivity index (χ2n) is 7.46. The Balaban J connectivity index is 1.93. The average Bonchev–Trinajstić information content (AvgIpc) is 2.98. The summed E-state index contributed by atoms with van der Waals surface area (Å²) in [6.45, 7) is 9.78. The average molecular weight is 262 g/mol. The van der Waals surface area contributed by atoms with E-state index in [2.05, 4.69) is 39.0 Å². The number of hydrogen-bond donors (Lipinski definition) is 1. The monoisotopic (exact) mass is 262 g/mol. The van der Waals surface area contributed by atoms with Crippen LogP contribution in [0.4, 0.5) is 0 Å². The molecule has 2 aliphatic rings. The molecule has 2 saturated carbocycles. The van der Waals surface area contributed by atoms with Crippen molar-refractivity contribution in [2.24, 2.45) is 16.7 Å². The SMILES string of the molecule is CCn1cc(CC2(O)C3(C)CCC(C3)C2(C)C)cn1. The lowest BCUT2D eigenvalue weighted by atomic mass is 9.58. The fraction of sp³-hybridized carbons (Fsp3) is 0.812. The third-order valence-corrected chi connectivity index (χ3v) is 6.30. The van der Waals surface area contributed by atoms with E-state index in [4.69, 9.17) is 0 Å². The van der Waals surface area contributed by atoms with E-state index in [1.165, 1.54) is 24.8 Å². The summed E-state index contributed by atoms with van der Waals surface area (Å²) in [5.41, 5.74) is 0.667. The molecule has 1 heterocycles. The molecular weight excluding hydrogens is 236 g/mol. The lowest BCUT2D eigenvalue weighted by Gasteiger charge is -2.50. The van der Waals surface area contributed by atoms with Crippen molar-refractivity contribution in [3.05, 3.63) is 18.0 Å². The van der Waals surface area contributed by atoms with Gasteiger partial charge in [-0.05, 0) is 48.5 Å². The molecule has 0 radical (unpaired) electrons. The van der Waals surface area contributed by atoms with Gasteiger partial charge in [0.25, 0.3) is 0 Å². The minimum Gasteiger partial charge on any atom is -0.388 e. The molecule has 3 atom stereocenters. The van der Waals surface area contributed by atoms with Crippen LogP contribution in [0.3, 0.4) is 0 Å². The zero-order valence-electron chi connectivity index (χ0n) is 12.6. The number of aliphatic hydroxyl groups is 1. The van der Waals surface area contributed by atoms with Crippen molar-refractivity contribution in [2.45, 2.75) is 65.5 Å². The first-order valence-corrected chi connectivity index (χ1v) is 7.56. The highest BCUT2D eigenvalue weighted by Gasteiger charge is 2.68. The number of aromatic nitrogens is 2. The van der Waals surface area contributed by atoms with Gasteiger partial charge in [-0.2, -0.15) is 5.10 Å². The molecule has 0 aromatic carbocycles. The van der Waals surface area contributed by atoms with Crippen LogP contribution in [0, 0.1) is 16.7 Å². The van der Waals surface area contributed by atoms with Crippen LogP contribution in [0.25, 0.3) is 0 Å². The molecule has 3 unspecified atom stereocenters. The Labute approximate surface area is 116 Å². The van der Waals surface area contributed by atoms with Crippen LogP contribution in [-0.4, -0.2) is 20.5 Å². The second kappa shape index (κ2) is 3.85. The predicted molar refractivity (Wildman–Crippen MR) is 75.8 cm³/mol. The first kappa shape index (κ1) is 13.2. The Morgan fingerprint density at radius 3 is 2.68 bits per heavy atom. The first-order chi connectivity index (χ1) is 8.82. The van der Waals surface area contributed by atoms with Gasteiger partial charge >= 0.3 is 0 Å². The molecule has 1 aromatic heterocycles. The molecule has 19 heavy (non-hydrogen) atoms. The summed E-state index contributed by atoms with van der Waals surface area (Å²) in [7, 11) is 0. The van der Waals surface area contributed by atoms with Crippen LogP contribution in [0.5, 0.6) is 0 Å². The van der Waals surface area contributed by atoms with E-state index in [-0.39, 0.29) is 10.8 Å². The summed E-state index contributed by atoms with van der Waals surface area (Å²) in [6, 6.07) is 0. The van der Waals surface area contributed by atoms with Gasteiger partial charge in [0.1, 0.15) is 0 Å². The van der Waals surface area contributed by atoms with Gasteiger partial charge in [-0.3, -0.25) is 4.68 Å². The van der Waals surface area contributed by atoms with E-state index < -0.39 is 5.60 Å². The van der Waals surface area contributed by atoms with Gasteiger partial charge in [0, 0.05) is 19.2 Å². The normalized spacial score (nSPS) is 39.9. The van der Waals surface area contributed by atoms with E-state index >= 15 is 0 Å². The van der Waals surface area contributed by atoms with Crippen LogP contribution < -0.4 is 0 Å². The van der Waals surface area contributed by atoms with Gasteiger partial charge in [0.05, 0.1) is 11.8 Å². The molecule has 0 saturated heterocycles. The zero-order chi connectivity index (χ0) is 13.9. The van der Waals surface area contributed by atoms with E-state index in [9.17, 15) is 5.11 Å². The van der Waals surface area contributed by atoms with Crippen molar-refractivity contribution in [1.82, 2.24) is 9.78 Å². The van der Waals surface area contributed by atoms with Gasteiger partial charge in [-0.15, -0.1) is 0 Å². The van der Waals surface area contributed by atoms with Crippen LogP contribution >= 0.6 is 0 Å². The maximum absolute atomic E-state index is 11.5. The topological polar surface area (TPSA) is 38.0 Å². The molecule has 106 valence electrons. The summed E-state index contributed by atoms with van der Waals surface area (Å²) in [6.07, 6.45) is 8.38. The van der Waals surface area contributed by atoms with Crippen molar-refractivity contribution in [3.63, 3.8) is 0 Å². The molecule has 3 nitrogen and oxygen atoms in total. The van der Waals surface area contributed by atoms with Crippen molar-refractivity contribution < 1.29 is 5.11 Å². The molecule has 3 rings (SSSR count). The predicted octanol–water partition coefficient (Wildman–Crippen LogP) is 3.02. The summed E-state index contributed by atoms with van der Waals surface area (Å²) < 4.78 is 1.95. The minimum atomic E-state index is -0.593. The summed E-state index contributed by atoms with van der Waals surface area (Å²) >= 11 is 0. The largest absolute Gasteiger partial charge is 0.388 e. The molecule has 3 heteroatoms. The Morgan fingerprint density at radius 2 is 2.16 bits per heavy atom. The summed E-state index contributed by atoms with van der Waals surface area (Å²) in [5.74, 6) is 0.670. The van der Waals surface area contributed by atoms with Crippen LogP contribution in [0.15, 0.2) is 12.4 Å². The van der Waals surface area contributed by atoms with Gasteiger partial charge in [0.15, 0.2) is 0 Å². The maximum Gasteiger partial charge on any atom is 0.0795 e. The van der Waals surface area contributed by atoms with Gasteiger partial charge < -0.3 is 5.11 Å². The minimum absolute atomic E-state index is 0.00825. The molecule has 2 fully saturated rings. The van der Waals surface area contributed by atoms with E-state index in [1.807, 2.05) is 10.9 Å². The van der Waals surface area contributed by atoms with E-state index in [0.717, 1.165) is 13.0 Å². The molecule has 0 aliphatic heterocycles. The fourth-order valence-corrected chi connectivity index (χ4v) is 4.76. The molecule has 1 N–H and O–H groups in total. The van der Waals surface area contributed by atoms with Crippen molar-refractivity contribution in [2.75, 3.05) is 0 Å². The Morgan fingerprint density at radius 1 is 1.42 bits per heavy atom. The maximum atomic E-state index is 11.5. The quantitative estimate of drug-likeness (QED) is 0.909. The Kier molecular flexibility index (Phi) is 2.66. The summed E-state index contributed by atoms with van der Waals surface area (Å²) in [4.78, 5) is 0. The highest BCUT2D eigenvalue weighted by molar-refractivity contribution is 5.23. The van der Waals surface area contributed by atoms with Crippen LogP contribution in [-0.2, 0) is 13.0 Å². The van der Waals surface area contributed by atoms with Crippen molar-refractivity contribution >= 4 is 0 Å². The number of hydrogen-bond acceptors (Lipinski definition) is 2. The Hall–Kier alpha value is -0.830. The van der Waals surface area contributed by atoms with Gasteiger partial charge in [-0.1, -0.05) is 20.8 Å². The molecule has 2 bridgehead atoms. The number of rotatable bonds is 3. The zero-order valence-corrected chi connectivity index (χ0v) is 12.6. The first-order valence-electron chi connectivity index (χ1n) is 7.56. The van der Waals surface area contributed by atoms with Crippen molar-refractivity contribution in [1.29, 1.82) is 0 Å². The lowest BCUT2D eigenvalue weighted by molar-refractivity contribution is -0.141. The molecule has 2 aliphatic carbocycles. The number of aryl methyl sites for hydroxylation is 1. The second-order valence-corrected chi connectivity index (χ2v) is 7.46. The highest BCUT2D eigenvalue weighted by atomic mass is 16.3. The smallest absolute Gasteiger partial charge is 0.0795 e.